The third-order valence-electron chi connectivity index (χ3n) is 2.75. The van der Waals surface area contributed by atoms with E-state index in [4.69, 9.17) is 5.11 Å². The Balaban J connectivity index is 1.98. The minimum Gasteiger partial charge on any atom is -0.481 e. The van der Waals surface area contributed by atoms with Gasteiger partial charge in [0.2, 0.25) is 5.91 Å². The van der Waals surface area contributed by atoms with Gasteiger partial charge in [-0.15, -0.1) is 11.3 Å². The van der Waals surface area contributed by atoms with Gasteiger partial charge in [0.25, 0.3) is 5.91 Å². The Hall–Kier alpha value is -1.89. The zero-order chi connectivity index (χ0) is 15.5. The summed E-state index contributed by atoms with van der Waals surface area (Å²) in [5.41, 5.74) is 0. The maximum atomic E-state index is 11.6. The van der Waals surface area contributed by atoms with Crippen LogP contribution in [0.25, 0.3) is 0 Å². The van der Waals surface area contributed by atoms with E-state index in [0.717, 1.165) is 0 Å². The lowest BCUT2D eigenvalue weighted by atomic mass is 10.2. The van der Waals surface area contributed by atoms with Gasteiger partial charge in [-0.1, -0.05) is 6.07 Å². The van der Waals surface area contributed by atoms with Crippen molar-refractivity contribution >= 4 is 29.1 Å². The highest BCUT2D eigenvalue weighted by Crippen LogP contribution is 2.07. The fraction of sp³-hybridized carbons (Fsp3) is 0.500. The van der Waals surface area contributed by atoms with Crippen LogP contribution < -0.4 is 10.6 Å². The van der Waals surface area contributed by atoms with Crippen LogP contribution in [0, 0.1) is 0 Å². The van der Waals surface area contributed by atoms with Crippen LogP contribution in [0.3, 0.4) is 0 Å². The highest BCUT2D eigenvalue weighted by atomic mass is 32.1. The Bertz CT molecular complexity index is 460. The summed E-state index contributed by atoms with van der Waals surface area (Å²) in [6.07, 6.45) is 2.28. The first-order chi connectivity index (χ1) is 10.1. The van der Waals surface area contributed by atoms with E-state index >= 15 is 0 Å². The summed E-state index contributed by atoms with van der Waals surface area (Å²) in [6, 6.07) is 3.57. The van der Waals surface area contributed by atoms with E-state index in [-0.39, 0.29) is 18.2 Å². The number of rotatable bonds is 10. The minimum absolute atomic E-state index is 0.0734. The predicted octanol–water partition coefficient (Wildman–Crippen LogP) is 1.63. The standard InChI is InChI=1S/C14H20N2O4S/c17-12(15-8-2-1-7-13(18)19)6-3-9-16-14(20)11-5-4-10-21-11/h4-5,10H,1-3,6-9H2,(H,15,17)(H,16,20)(H,18,19). The van der Waals surface area contributed by atoms with Gasteiger partial charge < -0.3 is 15.7 Å². The van der Waals surface area contributed by atoms with Gasteiger partial charge in [-0.25, -0.2) is 0 Å². The van der Waals surface area contributed by atoms with Crippen LogP contribution in [-0.4, -0.2) is 36.0 Å². The number of amides is 2. The van der Waals surface area contributed by atoms with Gasteiger partial charge >= 0.3 is 5.97 Å². The second-order valence-corrected chi connectivity index (χ2v) is 5.49. The molecule has 7 heteroatoms. The molecule has 0 saturated carbocycles. The molecule has 2 amide bonds. The summed E-state index contributed by atoms with van der Waals surface area (Å²) < 4.78 is 0. The Morgan fingerprint density at radius 2 is 1.81 bits per heavy atom. The van der Waals surface area contributed by atoms with E-state index in [1.807, 2.05) is 11.4 Å². The maximum absolute atomic E-state index is 11.6. The quantitative estimate of drug-likeness (QED) is 0.572. The molecule has 0 aliphatic carbocycles. The molecule has 0 aliphatic heterocycles. The lowest BCUT2D eigenvalue weighted by molar-refractivity contribution is -0.137. The molecule has 1 rings (SSSR count). The first-order valence-corrected chi connectivity index (χ1v) is 7.78. The average molecular weight is 312 g/mol. The molecule has 3 N–H and O–H groups in total. The number of thiophene rings is 1. The molecule has 116 valence electrons. The number of carbonyl (C=O) groups is 3. The number of hydrogen-bond acceptors (Lipinski definition) is 4. The van der Waals surface area contributed by atoms with Gasteiger partial charge in [-0.05, 0) is 30.7 Å². The van der Waals surface area contributed by atoms with Crippen molar-refractivity contribution in [3.05, 3.63) is 22.4 Å². The summed E-state index contributed by atoms with van der Waals surface area (Å²) in [5, 5.41) is 15.8. The fourth-order valence-corrected chi connectivity index (χ4v) is 2.30. The molecule has 0 atom stereocenters. The molecule has 0 unspecified atom stereocenters. The molecule has 0 fully saturated rings. The van der Waals surface area contributed by atoms with Gasteiger partial charge in [0.15, 0.2) is 0 Å². The Morgan fingerprint density at radius 1 is 1.05 bits per heavy atom. The van der Waals surface area contributed by atoms with Crippen molar-refractivity contribution in [2.24, 2.45) is 0 Å². The van der Waals surface area contributed by atoms with E-state index in [0.29, 0.717) is 43.6 Å². The molecule has 1 aromatic rings. The number of aliphatic carboxylic acids is 1. The van der Waals surface area contributed by atoms with Crippen molar-refractivity contribution in [3.8, 4) is 0 Å². The summed E-state index contributed by atoms with van der Waals surface area (Å²) in [4.78, 5) is 34.0. The number of nitrogens with one attached hydrogen (secondary N) is 2. The van der Waals surface area contributed by atoms with Gasteiger partial charge in [0, 0.05) is 25.9 Å². The Morgan fingerprint density at radius 3 is 2.48 bits per heavy atom. The van der Waals surface area contributed by atoms with E-state index in [2.05, 4.69) is 10.6 Å². The minimum atomic E-state index is -0.817. The largest absolute Gasteiger partial charge is 0.481 e. The van der Waals surface area contributed by atoms with Gasteiger partial charge in [0.1, 0.15) is 0 Å². The molecule has 6 nitrogen and oxygen atoms in total. The van der Waals surface area contributed by atoms with Crippen LogP contribution in [0.1, 0.15) is 41.8 Å². The first kappa shape index (κ1) is 17.2. The molecule has 1 heterocycles. The molecule has 1 aromatic heterocycles. The third-order valence-corrected chi connectivity index (χ3v) is 3.62. The molecule has 0 bridgehead atoms. The van der Waals surface area contributed by atoms with E-state index in [1.54, 1.807) is 6.07 Å². The monoisotopic (exact) mass is 312 g/mol. The lowest BCUT2D eigenvalue weighted by Crippen LogP contribution is -2.27. The average Bonchev–Trinajstić information content (AvgIpc) is 2.97. The van der Waals surface area contributed by atoms with Gasteiger partial charge in [-0.3, -0.25) is 14.4 Å². The van der Waals surface area contributed by atoms with E-state index < -0.39 is 5.97 Å². The van der Waals surface area contributed by atoms with Crippen molar-refractivity contribution in [2.45, 2.75) is 32.1 Å². The summed E-state index contributed by atoms with van der Waals surface area (Å²) >= 11 is 1.38. The summed E-state index contributed by atoms with van der Waals surface area (Å²) in [6.45, 7) is 0.955. The number of unbranched alkanes of at least 4 members (excludes halogenated alkanes) is 1. The van der Waals surface area contributed by atoms with Crippen molar-refractivity contribution < 1.29 is 19.5 Å². The van der Waals surface area contributed by atoms with Crippen molar-refractivity contribution in [2.75, 3.05) is 13.1 Å². The normalized spacial score (nSPS) is 10.1. The molecular weight excluding hydrogens is 292 g/mol. The van der Waals surface area contributed by atoms with Crippen LogP contribution >= 0.6 is 11.3 Å². The van der Waals surface area contributed by atoms with E-state index in [1.165, 1.54) is 11.3 Å². The second-order valence-electron chi connectivity index (χ2n) is 4.54. The highest BCUT2D eigenvalue weighted by molar-refractivity contribution is 7.12. The number of carboxylic acids is 1. The molecular formula is C14H20N2O4S. The van der Waals surface area contributed by atoms with Crippen LogP contribution in [0.15, 0.2) is 17.5 Å². The molecule has 0 spiro atoms. The Kier molecular flexibility index (Phi) is 8.11. The fourth-order valence-electron chi connectivity index (χ4n) is 1.66. The number of carbonyl (C=O) groups excluding carboxylic acids is 2. The number of hydrogen-bond donors (Lipinski definition) is 3. The van der Waals surface area contributed by atoms with Gasteiger partial charge in [0.05, 0.1) is 4.88 Å². The summed E-state index contributed by atoms with van der Waals surface area (Å²) in [7, 11) is 0. The molecule has 0 radical (unpaired) electrons. The zero-order valence-electron chi connectivity index (χ0n) is 11.8. The van der Waals surface area contributed by atoms with Crippen LogP contribution in [0.5, 0.6) is 0 Å². The van der Waals surface area contributed by atoms with Gasteiger partial charge in [-0.2, -0.15) is 0 Å². The second kappa shape index (κ2) is 9.93. The van der Waals surface area contributed by atoms with Crippen LogP contribution in [0.2, 0.25) is 0 Å². The van der Waals surface area contributed by atoms with Crippen LogP contribution in [-0.2, 0) is 9.59 Å². The van der Waals surface area contributed by atoms with Crippen LogP contribution in [0.4, 0.5) is 0 Å². The molecule has 21 heavy (non-hydrogen) atoms. The first-order valence-electron chi connectivity index (χ1n) is 6.90. The topological polar surface area (TPSA) is 95.5 Å². The number of carboxylic acid groups (broad SMARTS) is 1. The van der Waals surface area contributed by atoms with Crippen molar-refractivity contribution in [3.63, 3.8) is 0 Å². The molecule has 0 saturated heterocycles. The third kappa shape index (κ3) is 8.09. The lowest BCUT2D eigenvalue weighted by Gasteiger charge is -2.05. The van der Waals surface area contributed by atoms with E-state index in [9.17, 15) is 14.4 Å². The highest BCUT2D eigenvalue weighted by Gasteiger charge is 2.06. The predicted molar refractivity (Wildman–Crippen MR) is 80.4 cm³/mol. The SMILES string of the molecule is O=C(O)CCCCNC(=O)CCCNC(=O)c1cccs1. The smallest absolute Gasteiger partial charge is 0.303 e. The van der Waals surface area contributed by atoms with Crippen molar-refractivity contribution in [1.29, 1.82) is 0 Å². The zero-order valence-corrected chi connectivity index (χ0v) is 12.6. The maximum Gasteiger partial charge on any atom is 0.303 e. The molecule has 0 aliphatic rings. The van der Waals surface area contributed by atoms with Crippen molar-refractivity contribution in [1.82, 2.24) is 10.6 Å². The Labute approximate surface area is 127 Å². The molecule has 0 aromatic carbocycles. The summed E-state index contributed by atoms with van der Waals surface area (Å²) in [5.74, 6) is -1.00.